The fourth-order valence-corrected chi connectivity index (χ4v) is 4.62. The van der Waals surface area contributed by atoms with E-state index in [0.717, 1.165) is 48.9 Å². The molecular formula is C36H56N4OS. The van der Waals surface area contributed by atoms with Crippen molar-refractivity contribution in [3.8, 4) is 0 Å². The van der Waals surface area contributed by atoms with Crippen molar-refractivity contribution in [1.82, 2.24) is 10.2 Å². The minimum atomic E-state index is 0.0263. The van der Waals surface area contributed by atoms with Crippen LogP contribution in [-0.2, 0) is 11.2 Å². The number of benzene rings is 2. The Hall–Kier alpha value is -2.83. The third kappa shape index (κ3) is 12.2. The number of allylic oxidation sites excluding steroid dienone is 1. The summed E-state index contributed by atoms with van der Waals surface area (Å²) in [5.74, 6) is 1.45. The number of nitrogens with one attached hydrogen (secondary N) is 1. The number of hydrogen-bond acceptors (Lipinski definition) is 5. The maximum absolute atomic E-state index is 13.6. The normalized spacial score (nSPS) is 15.0. The molecule has 1 unspecified atom stereocenters. The maximum atomic E-state index is 13.6. The lowest BCUT2D eigenvalue weighted by molar-refractivity contribution is -0.114. The minimum Gasteiger partial charge on any atom is -0.357 e. The molecule has 1 aliphatic heterocycles. The van der Waals surface area contributed by atoms with Crippen LogP contribution in [0.4, 0.5) is 5.69 Å². The summed E-state index contributed by atoms with van der Waals surface area (Å²) >= 11 is 1.60. The van der Waals surface area contributed by atoms with Crippen LogP contribution in [0.25, 0.3) is 0 Å². The molecule has 0 aromatic heterocycles. The van der Waals surface area contributed by atoms with Gasteiger partial charge in [-0.05, 0) is 88.2 Å². The van der Waals surface area contributed by atoms with Gasteiger partial charge in [-0.25, -0.2) is 4.99 Å². The Balaban J connectivity index is 0.000000524. The zero-order chi connectivity index (χ0) is 31.5. The summed E-state index contributed by atoms with van der Waals surface area (Å²) in [5, 5.41) is 4.12. The number of thioether (sulfide) groups is 1. The lowest BCUT2D eigenvalue weighted by Crippen LogP contribution is -2.34. The molecule has 3 rings (SSSR count). The van der Waals surface area contributed by atoms with E-state index in [2.05, 4.69) is 86.4 Å². The molecule has 0 fully saturated rings. The molecule has 0 spiro atoms. The molecule has 2 aromatic carbocycles. The molecular weight excluding hydrogens is 536 g/mol. The number of aryl methyl sites for hydroxylation is 1. The van der Waals surface area contributed by atoms with Crippen LogP contribution in [0.5, 0.6) is 0 Å². The highest BCUT2D eigenvalue weighted by Gasteiger charge is 2.28. The van der Waals surface area contributed by atoms with Gasteiger partial charge in [0.15, 0.2) is 0 Å². The van der Waals surface area contributed by atoms with E-state index in [1.54, 1.807) is 11.8 Å². The second kappa shape index (κ2) is 21.0. The molecule has 0 saturated carbocycles. The van der Waals surface area contributed by atoms with Gasteiger partial charge in [0.25, 0.3) is 5.91 Å². The summed E-state index contributed by atoms with van der Waals surface area (Å²) in [7, 11) is 4.02. The monoisotopic (exact) mass is 592 g/mol. The number of hydrogen-bond donors (Lipinski definition) is 1. The molecule has 232 valence electrons. The lowest BCUT2D eigenvalue weighted by Gasteiger charge is -2.22. The molecule has 6 heteroatoms. The molecule has 0 saturated heterocycles. The van der Waals surface area contributed by atoms with Gasteiger partial charge in [0.05, 0.1) is 10.6 Å². The van der Waals surface area contributed by atoms with Crippen molar-refractivity contribution < 1.29 is 4.79 Å². The number of amides is 1. The molecule has 42 heavy (non-hydrogen) atoms. The second-order valence-corrected chi connectivity index (χ2v) is 11.4. The average Bonchev–Trinajstić information content (AvgIpc) is 3.13. The first kappa shape index (κ1) is 37.2. The van der Waals surface area contributed by atoms with Crippen LogP contribution in [0.15, 0.2) is 82.6 Å². The van der Waals surface area contributed by atoms with Crippen molar-refractivity contribution in [1.29, 1.82) is 0 Å². The lowest BCUT2D eigenvalue weighted by atomic mass is 9.98. The molecule has 2 aromatic rings. The van der Waals surface area contributed by atoms with E-state index in [9.17, 15) is 4.79 Å². The molecule has 1 N–H and O–H groups in total. The van der Waals surface area contributed by atoms with Gasteiger partial charge in [0.1, 0.15) is 5.82 Å². The van der Waals surface area contributed by atoms with Gasteiger partial charge in [0.2, 0.25) is 0 Å². The molecule has 1 aliphatic rings. The summed E-state index contributed by atoms with van der Waals surface area (Å²) < 4.78 is 0. The van der Waals surface area contributed by atoms with Crippen molar-refractivity contribution in [3.05, 3.63) is 88.8 Å². The fraction of sp³-hybridized carbons (Fsp3) is 0.500. The largest absolute Gasteiger partial charge is 0.357 e. The van der Waals surface area contributed by atoms with E-state index in [0.29, 0.717) is 18.0 Å². The number of carbonyl (C=O) groups excluding carboxylic acids is 1. The van der Waals surface area contributed by atoms with Crippen LogP contribution in [0.3, 0.4) is 0 Å². The van der Waals surface area contributed by atoms with Crippen molar-refractivity contribution in [2.45, 2.75) is 80.1 Å². The number of likely N-dealkylation sites (N-methyl/N-ethyl adjacent to an activating group) is 1. The van der Waals surface area contributed by atoms with Gasteiger partial charge in [0, 0.05) is 25.8 Å². The SMILES string of the molecule is CC.CCCc1cccc(N2CCN(C)C(/N=C(\C)SC)=C(/C=C(/C)CC)C2=O)c1.CNCCC(C)c1ccccc1. The summed E-state index contributed by atoms with van der Waals surface area (Å²) in [4.78, 5) is 22.4. The zero-order valence-electron chi connectivity index (χ0n) is 28.0. The summed E-state index contributed by atoms with van der Waals surface area (Å²) in [5.41, 5.74) is 5.53. The van der Waals surface area contributed by atoms with Gasteiger partial charge in [-0.2, -0.15) is 0 Å². The molecule has 1 heterocycles. The standard InChI is InChI=1S/C23H33N3OS.C11H17N.C2H6/c1-7-10-19-11-9-12-20(16-19)26-14-13-25(5)22(24-18(4)28-6)21(23(26)27)15-17(3)8-2;1-10(8-9-12-2)11-6-4-3-5-7-11;1-2/h9,11-12,15-16H,7-8,10,13-14H2,1-6H3;3-7,10,12H,8-9H2,1-2H3;1-2H3/b17-15-,24-18+;;. The molecule has 0 aliphatic carbocycles. The average molecular weight is 593 g/mol. The smallest absolute Gasteiger partial charge is 0.262 e. The Morgan fingerprint density at radius 1 is 1.07 bits per heavy atom. The highest BCUT2D eigenvalue weighted by molar-refractivity contribution is 8.13. The third-order valence-electron chi connectivity index (χ3n) is 7.20. The van der Waals surface area contributed by atoms with Crippen molar-refractivity contribution in [3.63, 3.8) is 0 Å². The van der Waals surface area contributed by atoms with Crippen molar-refractivity contribution >= 4 is 28.4 Å². The van der Waals surface area contributed by atoms with E-state index in [4.69, 9.17) is 4.99 Å². The van der Waals surface area contributed by atoms with Crippen LogP contribution in [-0.4, -0.2) is 55.8 Å². The van der Waals surface area contributed by atoms with Gasteiger partial charge < -0.3 is 15.1 Å². The quantitative estimate of drug-likeness (QED) is 0.221. The first-order valence-electron chi connectivity index (χ1n) is 15.6. The number of anilines is 1. The van der Waals surface area contributed by atoms with E-state index >= 15 is 0 Å². The van der Waals surface area contributed by atoms with E-state index < -0.39 is 0 Å². The highest BCUT2D eigenvalue weighted by atomic mass is 32.2. The van der Waals surface area contributed by atoms with E-state index in [1.807, 2.05) is 58.2 Å². The molecule has 1 atom stereocenters. The predicted molar refractivity (Wildman–Crippen MR) is 188 cm³/mol. The van der Waals surface area contributed by atoms with Crippen LogP contribution in [0.2, 0.25) is 0 Å². The Morgan fingerprint density at radius 2 is 1.76 bits per heavy atom. The van der Waals surface area contributed by atoms with Crippen molar-refractivity contribution in [2.24, 2.45) is 4.99 Å². The Bertz CT molecular complexity index is 1160. The molecule has 1 amide bonds. The Labute approximate surface area is 261 Å². The van der Waals surface area contributed by atoms with E-state index in [1.165, 1.54) is 23.1 Å². The van der Waals surface area contributed by atoms with Gasteiger partial charge in [-0.3, -0.25) is 4.79 Å². The van der Waals surface area contributed by atoms with E-state index in [-0.39, 0.29) is 5.91 Å². The number of nitrogens with zero attached hydrogens (tertiary/aromatic N) is 3. The fourth-order valence-electron chi connectivity index (χ4n) is 4.44. The second-order valence-electron chi connectivity index (χ2n) is 10.4. The van der Waals surface area contributed by atoms with Crippen LogP contribution in [0, 0.1) is 0 Å². The Morgan fingerprint density at radius 3 is 2.36 bits per heavy atom. The van der Waals surface area contributed by atoms with Crippen LogP contribution in [0.1, 0.15) is 84.8 Å². The predicted octanol–water partition coefficient (Wildman–Crippen LogP) is 8.69. The summed E-state index contributed by atoms with van der Waals surface area (Å²) in [6, 6.07) is 19.0. The number of carbonyl (C=O) groups is 1. The first-order valence-corrected chi connectivity index (χ1v) is 16.8. The van der Waals surface area contributed by atoms with Crippen LogP contribution >= 0.6 is 11.8 Å². The third-order valence-corrected chi connectivity index (χ3v) is 7.88. The minimum absolute atomic E-state index is 0.0263. The molecule has 5 nitrogen and oxygen atoms in total. The first-order chi connectivity index (χ1) is 20.2. The molecule has 0 bridgehead atoms. The van der Waals surface area contributed by atoms with Gasteiger partial charge >= 0.3 is 0 Å². The van der Waals surface area contributed by atoms with Gasteiger partial charge in [-0.1, -0.05) is 89.1 Å². The van der Waals surface area contributed by atoms with Gasteiger partial charge in [-0.15, -0.1) is 11.8 Å². The highest BCUT2D eigenvalue weighted by Crippen LogP contribution is 2.27. The van der Waals surface area contributed by atoms with Crippen molar-refractivity contribution in [2.75, 3.05) is 44.9 Å². The summed E-state index contributed by atoms with van der Waals surface area (Å²) in [6.45, 7) is 17.1. The van der Waals surface area contributed by atoms with Crippen LogP contribution < -0.4 is 10.2 Å². The number of aliphatic imine (C=N–C) groups is 1. The number of rotatable bonds is 10. The summed E-state index contributed by atoms with van der Waals surface area (Å²) in [6.07, 6.45) is 8.26. The molecule has 0 radical (unpaired) electrons. The Kier molecular flexibility index (Phi) is 18.6. The zero-order valence-corrected chi connectivity index (χ0v) is 28.8. The maximum Gasteiger partial charge on any atom is 0.262 e. The topological polar surface area (TPSA) is 47.9 Å².